The van der Waals surface area contributed by atoms with Gasteiger partial charge >= 0.3 is 0 Å². The van der Waals surface area contributed by atoms with Gasteiger partial charge in [0.15, 0.2) is 0 Å². The Morgan fingerprint density at radius 1 is 0.938 bits per heavy atom. The number of ether oxygens (including phenoxy) is 1. The van der Waals surface area contributed by atoms with E-state index in [4.69, 9.17) is 10.1 Å². The highest BCUT2D eigenvalue weighted by Crippen LogP contribution is 2.35. The molecule has 2 N–H and O–H groups in total. The molecular weight excluding hydrogens is 425 g/mol. The topological polar surface area (TPSA) is 69.4 Å². The van der Waals surface area contributed by atoms with Gasteiger partial charge in [0, 0.05) is 16.6 Å². The van der Waals surface area contributed by atoms with Crippen LogP contribution in [0.15, 0.2) is 90.0 Å². The average molecular weight is 444 g/mol. The van der Waals surface area contributed by atoms with Crippen molar-refractivity contribution in [1.29, 1.82) is 5.41 Å². The van der Waals surface area contributed by atoms with E-state index in [9.17, 15) is 9.50 Å². The molecule has 0 radical (unpaired) electrons. The van der Waals surface area contributed by atoms with Crippen molar-refractivity contribution in [3.05, 3.63) is 101 Å². The van der Waals surface area contributed by atoms with E-state index < -0.39 is 0 Å². The Hall–Kier alpha value is -3.97. The van der Waals surface area contributed by atoms with Crippen LogP contribution in [0.3, 0.4) is 0 Å². The van der Waals surface area contributed by atoms with Gasteiger partial charge in [-0.1, -0.05) is 18.2 Å². The number of halogens is 1. The zero-order chi connectivity index (χ0) is 22.1. The van der Waals surface area contributed by atoms with Gasteiger partial charge < -0.3 is 14.7 Å². The summed E-state index contributed by atoms with van der Waals surface area (Å²) in [4.78, 5) is 6.29. The Morgan fingerprint density at radius 3 is 2.34 bits per heavy atom. The number of thiazole rings is 1. The Labute approximate surface area is 188 Å². The summed E-state index contributed by atoms with van der Waals surface area (Å²) in [5.41, 5.74) is 2.64. The molecule has 0 saturated heterocycles. The van der Waals surface area contributed by atoms with E-state index in [1.54, 1.807) is 17.0 Å². The second-order valence-corrected chi connectivity index (χ2v) is 8.07. The lowest BCUT2D eigenvalue weighted by atomic mass is 10.2. The van der Waals surface area contributed by atoms with Crippen molar-refractivity contribution in [3.8, 4) is 22.8 Å². The van der Waals surface area contributed by atoms with Crippen molar-refractivity contribution < 1.29 is 14.2 Å². The minimum Gasteiger partial charge on any atom is -0.510 e. The monoisotopic (exact) mass is 443 g/mol. The van der Waals surface area contributed by atoms with Crippen LogP contribution in [-0.4, -0.2) is 22.5 Å². The van der Waals surface area contributed by atoms with Gasteiger partial charge in [-0.25, -0.2) is 9.37 Å². The van der Waals surface area contributed by atoms with Crippen LogP contribution in [0.1, 0.15) is 5.01 Å². The zero-order valence-electron chi connectivity index (χ0n) is 16.8. The Balaban J connectivity index is 1.34. The van der Waals surface area contributed by atoms with E-state index in [2.05, 4.69) is 4.98 Å². The first-order chi connectivity index (χ1) is 15.6. The fourth-order valence-electron chi connectivity index (χ4n) is 3.49. The van der Waals surface area contributed by atoms with E-state index >= 15 is 0 Å². The van der Waals surface area contributed by atoms with Crippen LogP contribution < -0.4 is 9.64 Å². The van der Waals surface area contributed by atoms with Crippen LogP contribution in [0.25, 0.3) is 16.8 Å². The van der Waals surface area contributed by atoms with Crippen molar-refractivity contribution in [3.63, 3.8) is 0 Å². The second kappa shape index (κ2) is 8.28. The Kier molecular flexibility index (Phi) is 5.17. The van der Waals surface area contributed by atoms with Crippen LogP contribution >= 0.6 is 11.3 Å². The molecule has 2 heterocycles. The van der Waals surface area contributed by atoms with Gasteiger partial charge in [0.1, 0.15) is 33.9 Å². The quantitative estimate of drug-likeness (QED) is 0.369. The molecular formula is C25H18FN3O2S. The molecule has 1 aliphatic heterocycles. The van der Waals surface area contributed by atoms with Crippen molar-refractivity contribution >= 4 is 28.4 Å². The molecule has 7 heteroatoms. The lowest BCUT2D eigenvalue weighted by Gasteiger charge is -2.19. The fourth-order valence-corrected chi connectivity index (χ4v) is 4.38. The van der Waals surface area contributed by atoms with Gasteiger partial charge in [-0.05, 0) is 60.7 Å². The summed E-state index contributed by atoms with van der Waals surface area (Å²) in [5, 5.41) is 21.6. The van der Waals surface area contributed by atoms with E-state index in [1.807, 2.05) is 60.0 Å². The number of aromatic nitrogens is 1. The number of benzene rings is 3. The van der Waals surface area contributed by atoms with Gasteiger partial charge in [-0.15, -0.1) is 11.3 Å². The fraction of sp³-hybridized carbons (Fsp3) is 0.0400. The number of nitrogens with one attached hydrogen (secondary N) is 1. The standard InChI is InChI=1S/C25H18FN3O2S/c26-17-8-6-16(7-9-17)21-15-32-25(28-21)23-22(30)14-29(24(23)27)18-10-12-20(13-11-18)31-19-4-2-1-3-5-19/h1-13,15,27,30H,14H2. The summed E-state index contributed by atoms with van der Waals surface area (Å²) in [6, 6.07) is 23.0. The van der Waals surface area contributed by atoms with E-state index in [1.165, 1.54) is 23.5 Å². The first-order valence-electron chi connectivity index (χ1n) is 9.92. The van der Waals surface area contributed by atoms with Gasteiger partial charge in [0.05, 0.1) is 17.8 Å². The summed E-state index contributed by atoms with van der Waals surface area (Å²) >= 11 is 1.34. The van der Waals surface area contributed by atoms with Crippen molar-refractivity contribution in [1.82, 2.24) is 4.98 Å². The number of rotatable bonds is 5. The third-order valence-electron chi connectivity index (χ3n) is 5.09. The van der Waals surface area contributed by atoms with Crippen LogP contribution in [0.4, 0.5) is 10.1 Å². The largest absolute Gasteiger partial charge is 0.510 e. The molecule has 0 bridgehead atoms. The number of amidine groups is 1. The maximum Gasteiger partial charge on any atom is 0.139 e. The highest BCUT2D eigenvalue weighted by Gasteiger charge is 2.31. The zero-order valence-corrected chi connectivity index (χ0v) is 17.6. The number of aliphatic hydroxyl groups excluding tert-OH is 1. The van der Waals surface area contributed by atoms with Gasteiger partial charge in [-0.3, -0.25) is 5.41 Å². The number of hydrogen-bond acceptors (Lipinski definition) is 5. The number of aliphatic hydroxyl groups is 1. The van der Waals surface area contributed by atoms with E-state index in [-0.39, 0.29) is 24.0 Å². The molecule has 0 spiro atoms. The maximum atomic E-state index is 13.2. The average Bonchev–Trinajstić information content (AvgIpc) is 3.40. The SMILES string of the molecule is N=C1C(c2nc(-c3ccc(F)cc3)cs2)=C(O)CN1c1ccc(Oc2ccccc2)cc1. The predicted octanol–water partition coefficient (Wildman–Crippen LogP) is 6.51. The molecule has 0 fully saturated rings. The molecule has 0 aliphatic carbocycles. The first kappa shape index (κ1) is 20.0. The smallest absolute Gasteiger partial charge is 0.139 e. The Morgan fingerprint density at radius 2 is 1.62 bits per heavy atom. The Bertz CT molecular complexity index is 1300. The highest BCUT2D eigenvalue weighted by molar-refractivity contribution is 7.11. The van der Waals surface area contributed by atoms with Crippen LogP contribution in [0.2, 0.25) is 0 Å². The number of para-hydroxylation sites is 1. The van der Waals surface area contributed by atoms with Gasteiger partial charge in [0.25, 0.3) is 0 Å². The van der Waals surface area contributed by atoms with Crippen LogP contribution in [0.5, 0.6) is 11.5 Å². The highest BCUT2D eigenvalue weighted by atomic mass is 32.1. The molecule has 5 rings (SSSR count). The predicted molar refractivity (Wildman–Crippen MR) is 125 cm³/mol. The first-order valence-corrected chi connectivity index (χ1v) is 10.8. The number of anilines is 1. The van der Waals surface area contributed by atoms with Crippen LogP contribution in [0, 0.1) is 11.2 Å². The summed E-state index contributed by atoms with van der Waals surface area (Å²) in [7, 11) is 0. The van der Waals surface area contributed by atoms with Gasteiger partial charge in [0.2, 0.25) is 0 Å². The summed E-state index contributed by atoms with van der Waals surface area (Å²) in [5.74, 6) is 1.40. The number of nitrogens with zero attached hydrogens (tertiary/aromatic N) is 2. The molecule has 4 aromatic rings. The normalized spacial score (nSPS) is 13.7. The minimum absolute atomic E-state index is 0.0969. The molecule has 0 saturated carbocycles. The minimum atomic E-state index is -0.307. The lowest BCUT2D eigenvalue weighted by Crippen LogP contribution is -2.25. The molecule has 1 aliphatic rings. The third kappa shape index (κ3) is 3.86. The molecule has 158 valence electrons. The van der Waals surface area contributed by atoms with Gasteiger partial charge in [-0.2, -0.15) is 0 Å². The van der Waals surface area contributed by atoms with Crippen molar-refractivity contribution in [2.24, 2.45) is 0 Å². The summed E-state index contributed by atoms with van der Waals surface area (Å²) in [6.45, 7) is 0.193. The molecule has 5 nitrogen and oxygen atoms in total. The molecule has 0 amide bonds. The lowest BCUT2D eigenvalue weighted by molar-refractivity contribution is 0.411. The number of hydrogen-bond donors (Lipinski definition) is 2. The van der Waals surface area contributed by atoms with Crippen molar-refractivity contribution in [2.45, 2.75) is 0 Å². The molecule has 32 heavy (non-hydrogen) atoms. The van der Waals surface area contributed by atoms with Crippen molar-refractivity contribution in [2.75, 3.05) is 11.4 Å². The third-order valence-corrected chi connectivity index (χ3v) is 5.95. The molecule has 0 atom stereocenters. The molecule has 1 aromatic heterocycles. The van der Waals surface area contributed by atoms with E-state index in [0.717, 1.165) is 17.0 Å². The van der Waals surface area contributed by atoms with E-state index in [0.29, 0.717) is 22.0 Å². The summed E-state index contributed by atoms with van der Waals surface area (Å²) < 4.78 is 19.0. The van der Waals surface area contributed by atoms with Crippen LogP contribution in [-0.2, 0) is 0 Å². The molecule has 0 unspecified atom stereocenters. The second-order valence-electron chi connectivity index (χ2n) is 7.21. The molecule has 3 aromatic carbocycles. The maximum absolute atomic E-state index is 13.2. The summed E-state index contributed by atoms with van der Waals surface area (Å²) in [6.07, 6.45) is 0.